The molecule has 0 spiro atoms. The Morgan fingerprint density at radius 3 is 3.21 bits per heavy atom. The van der Waals surface area contributed by atoms with E-state index < -0.39 is 0 Å². The molecule has 5 heteroatoms. The number of aliphatic hydroxyl groups excluding tert-OH is 1. The zero-order valence-electron chi connectivity index (χ0n) is 10.2. The second-order valence-corrected chi connectivity index (χ2v) is 6.74. The van der Waals surface area contributed by atoms with Gasteiger partial charge in [0.1, 0.15) is 5.01 Å². The number of thiazole rings is 1. The summed E-state index contributed by atoms with van der Waals surface area (Å²) in [5.41, 5.74) is 3.17. The van der Waals surface area contributed by atoms with Crippen LogP contribution in [0, 0.1) is 0 Å². The van der Waals surface area contributed by atoms with Crippen LogP contribution in [0.3, 0.4) is 0 Å². The molecule has 0 fully saturated rings. The summed E-state index contributed by atoms with van der Waals surface area (Å²) in [6, 6.07) is 4.17. The smallest absolute Gasteiger partial charge is 0.125 e. The number of hydrogen-bond acceptors (Lipinski definition) is 5. The number of rotatable bonds is 1. The van der Waals surface area contributed by atoms with E-state index in [1.54, 1.807) is 22.7 Å². The number of fused-ring (bicyclic) bond motifs is 2. The first kappa shape index (κ1) is 11.5. The van der Waals surface area contributed by atoms with Gasteiger partial charge in [0.25, 0.3) is 0 Å². The zero-order chi connectivity index (χ0) is 12.8. The number of hydrogen-bond donors (Lipinski definition) is 1. The summed E-state index contributed by atoms with van der Waals surface area (Å²) < 4.78 is 1.19. The molecule has 1 atom stereocenters. The molecule has 96 valence electrons. The highest BCUT2D eigenvalue weighted by Gasteiger charge is 2.23. The lowest BCUT2D eigenvalue weighted by Gasteiger charge is -2.14. The van der Waals surface area contributed by atoms with E-state index in [1.807, 2.05) is 12.3 Å². The molecule has 19 heavy (non-hydrogen) atoms. The maximum Gasteiger partial charge on any atom is 0.125 e. The third-order valence-corrected chi connectivity index (χ3v) is 5.57. The van der Waals surface area contributed by atoms with Crippen molar-refractivity contribution in [1.82, 2.24) is 9.97 Å². The average Bonchev–Trinajstić information content (AvgIpc) is 3.04. The quantitative estimate of drug-likeness (QED) is 0.741. The van der Waals surface area contributed by atoms with Crippen LogP contribution < -0.4 is 0 Å². The molecule has 0 saturated heterocycles. The van der Waals surface area contributed by atoms with Gasteiger partial charge in [0, 0.05) is 11.8 Å². The molecular weight excluding hydrogens is 276 g/mol. The first-order chi connectivity index (χ1) is 9.31. The van der Waals surface area contributed by atoms with Crippen LogP contribution in [-0.2, 0) is 6.42 Å². The summed E-state index contributed by atoms with van der Waals surface area (Å²) in [6.07, 6.45) is 4.42. The third kappa shape index (κ3) is 1.89. The van der Waals surface area contributed by atoms with Crippen LogP contribution in [0.25, 0.3) is 20.8 Å². The van der Waals surface area contributed by atoms with Crippen LogP contribution in [0.15, 0.2) is 23.7 Å². The monoisotopic (exact) mass is 288 g/mol. The molecule has 3 aromatic rings. The van der Waals surface area contributed by atoms with Gasteiger partial charge < -0.3 is 5.11 Å². The van der Waals surface area contributed by atoms with E-state index in [2.05, 4.69) is 21.4 Å². The fourth-order valence-corrected chi connectivity index (χ4v) is 4.38. The van der Waals surface area contributed by atoms with Gasteiger partial charge in [-0.2, -0.15) is 0 Å². The fraction of sp³-hybridized carbons (Fsp3) is 0.286. The first-order valence-electron chi connectivity index (χ1n) is 6.32. The van der Waals surface area contributed by atoms with E-state index in [0.29, 0.717) is 0 Å². The number of nitrogens with zero attached hydrogens (tertiary/aromatic N) is 2. The Labute approximate surface area is 118 Å². The predicted octanol–water partition coefficient (Wildman–Crippen LogP) is 3.79. The Morgan fingerprint density at radius 1 is 1.37 bits per heavy atom. The number of aryl methyl sites for hydroxylation is 1. The molecule has 0 bridgehead atoms. The van der Waals surface area contributed by atoms with Crippen LogP contribution in [-0.4, -0.2) is 15.1 Å². The van der Waals surface area contributed by atoms with Gasteiger partial charge in [-0.3, -0.25) is 4.98 Å². The van der Waals surface area contributed by atoms with Crippen LogP contribution in [0.2, 0.25) is 0 Å². The lowest BCUT2D eigenvalue weighted by atomic mass is 10.0. The SMILES string of the molecule is OC1CCCc2nc(-c3cnc4ccsc4c3)sc21. The van der Waals surface area contributed by atoms with Crippen molar-refractivity contribution in [3.05, 3.63) is 34.3 Å². The standard InChI is InChI=1S/C14H12N2OS2/c17-11-3-1-2-10-13(11)19-14(16-10)8-6-12-9(15-7-8)4-5-18-12/h4-7,11,17H,1-3H2. The van der Waals surface area contributed by atoms with Gasteiger partial charge in [0.05, 0.1) is 26.9 Å². The Balaban J connectivity index is 1.83. The molecule has 3 aromatic heterocycles. The van der Waals surface area contributed by atoms with E-state index in [9.17, 15) is 5.11 Å². The fourth-order valence-electron chi connectivity index (χ4n) is 2.48. The van der Waals surface area contributed by atoms with Crippen LogP contribution >= 0.6 is 22.7 Å². The van der Waals surface area contributed by atoms with E-state index in [0.717, 1.165) is 45.9 Å². The largest absolute Gasteiger partial charge is 0.388 e. The van der Waals surface area contributed by atoms with Crippen molar-refractivity contribution in [3.63, 3.8) is 0 Å². The second kappa shape index (κ2) is 4.37. The maximum absolute atomic E-state index is 10.0. The van der Waals surface area contributed by atoms with Gasteiger partial charge in [-0.1, -0.05) is 0 Å². The van der Waals surface area contributed by atoms with Gasteiger partial charge in [-0.15, -0.1) is 22.7 Å². The summed E-state index contributed by atoms with van der Waals surface area (Å²) >= 11 is 3.31. The van der Waals surface area contributed by atoms with Crippen molar-refractivity contribution in [2.45, 2.75) is 25.4 Å². The predicted molar refractivity (Wildman–Crippen MR) is 78.6 cm³/mol. The molecule has 1 aliphatic carbocycles. The van der Waals surface area contributed by atoms with Crippen molar-refractivity contribution in [3.8, 4) is 10.6 Å². The molecule has 0 radical (unpaired) electrons. The van der Waals surface area contributed by atoms with Gasteiger partial charge in [-0.05, 0) is 36.8 Å². The molecule has 3 heterocycles. The third-order valence-electron chi connectivity index (χ3n) is 3.47. The second-order valence-electron chi connectivity index (χ2n) is 4.77. The first-order valence-corrected chi connectivity index (χ1v) is 8.02. The molecule has 3 nitrogen and oxygen atoms in total. The van der Waals surface area contributed by atoms with Crippen molar-refractivity contribution in [2.24, 2.45) is 0 Å². The minimum atomic E-state index is -0.326. The molecule has 0 amide bonds. The molecule has 1 N–H and O–H groups in total. The van der Waals surface area contributed by atoms with Crippen molar-refractivity contribution in [2.75, 3.05) is 0 Å². The Hall–Kier alpha value is -1.30. The van der Waals surface area contributed by atoms with E-state index in [1.165, 1.54) is 4.70 Å². The number of pyridine rings is 1. The van der Waals surface area contributed by atoms with Crippen LogP contribution in [0.1, 0.15) is 29.5 Å². The highest BCUT2D eigenvalue weighted by molar-refractivity contribution is 7.17. The lowest BCUT2D eigenvalue weighted by molar-refractivity contribution is 0.160. The van der Waals surface area contributed by atoms with Gasteiger partial charge in [0.15, 0.2) is 0 Å². The van der Waals surface area contributed by atoms with Crippen molar-refractivity contribution < 1.29 is 5.11 Å². The van der Waals surface area contributed by atoms with Gasteiger partial charge >= 0.3 is 0 Å². The highest BCUT2D eigenvalue weighted by atomic mass is 32.1. The Bertz CT molecular complexity index is 747. The van der Waals surface area contributed by atoms with Crippen molar-refractivity contribution >= 4 is 32.9 Å². The molecule has 0 saturated carbocycles. The van der Waals surface area contributed by atoms with Crippen LogP contribution in [0.5, 0.6) is 0 Å². The Kier molecular flexibility index (Phi) is 2.65. The normalized spacial score (nSPS) is 18.7. The molecule has 0 aromatic carbocycles. The lowest BCUT2D eigenvalue weighted by Crippen LogP contribution is -2.06. The van der Waals surface area contributed by atoms with Gasteiger partial charge in [-0.25, -0.2) is 4.98 Å². The van der Waals surface area contributed by atoms with E-state index in [-0.39, 0.29) is 6.10 Å². The summed E-state index contributed by atoms with van der Waals surface area (Å²) in [5.74, 6) is 0. The topological polar surface area (TPSA) is 46.0 Å². The van der Waals surface area contributed by atoms with E-state index >= 15 is 0 Å². The highest BCUT2D eigenvalue weighted by Crippen LogP contribution is 2.38. The molecule has 1 aliphatic rings. The molecule has 1 unspecified atom stereocenters. The summed E-state index contributed by atoms with van der Waals surface area (Å²) in [7, 11) is 0. The number of thiophene rings is 1. The van der Waals surface area contributed by atoms with E-state index in [4.69, 9.17) is 0 Å². The Morgan fingerprint density at radius 2 is 2.32 bits per heavy atom. The number of aliphatic hydroxyl groups is 1. The summed E-state index contributed by atoms with van der Waals surface area (Å²) in [5, 5.41) is 13.1. The van der Waals surface area contributed by atoms with Crippen molar-refractivity contribution in [1.29, 1.82) is 0 Å². The molecule has 4 rings (SSSR count). The molecular formula is C14H12N2OS2. The molecule has 0 aliphatic heterocycles. The summed E-state index contributed by atoms with van der Waals surface area (Å²) in [4.78, 5) is 10.2. The zero-order valence-corrected chi connectivity index (χ0v) is 11.8. The summed E-state index contributed by atoms with van der Waals surface area (Å²) in [6.45, 7) is 0. The van der Waals surface area contributed by atoms with Gasteiger partial charge in [0.2, 0.25) is 0 Å². The minimum absolute atomic E-state index is 0.326. The maximum atomic E-state index is 10.0. The minimum Gasteiger partial charge on any atom is -0.388 e. The average molecular weight is 288 g/mol. The number of aromatic nitrogens is 2. The van der Waals surface area contributed by atoms with Crippen LogP contribution in [0.4, 0.5) is 0 Å².